The maximum Gasteiger partial charge on any atom is 0.237 e. The fourth-order valence-corrected chi connectivity index (χ4v) is 3.60. The molecule has 0 aliphatic rings. The maximum atomic E-state index is 12.4. The van der Waals surface area contributed by atoms with Crippen LogP contribution < -0.4 is 5.32 Å². The van der Waals surface area contributed by atoms with E-state index in [0.717, 1.165) is 11.3 Å². The summed E-state index contributed by atoms with van der Waals surface area (Å²) in [5.41, 5.74) is 2.51. The second-order valence-corrected chi connectivity index (χ2v) is 7.36. The Bertz CT molecular complexity index is 813. The van der Waals surface area contributed by atoms with Crippen molar-refractivity contribution in [1.29, 1.82) is 5.26 Å². The number of aryl methyl sites for hydroxylation is 2. The van der Waals surface area contributed by atoms with Gasteiger partial charge in [0.1, 0.15) is 11.1 Å². The second kappa shape index (κ2) is 7.89. The normalized spacial score (nSPS) is 11.7. The number of halogens is 2. The van der Waals surface area contributed by atoms with Crippen LogP contribution in [-0.2, 0) is 4.79 Å². The number of carbonyl (C=O) groups is 1. The Morgan fingerprint density at radius 3 is 2.54 bits per heavy atom. The molecule has 0 radical (unpaired) electrons. The van der Waals surface area contributed by atoms with E-state index in [-0.39, 0.29) is 5.91 Å². The van der Waals surface area contributed by atoms with Crippen molar-refractivity contribution in [2.75, 3.05) is 5.32 Å². The number of nitrogens with one attached hydrogen (secondary N) is 1. The predicted molar refractivity (Wildman–Crippen MR) is 98.8 cm³/mol. The van der Waals surface area contributed by atoms with E-state index >= 15 is 0 Å². The highest BCUT2D eigenvalue weighted by molar-refractivity contribution is 8.00. The minimum Gasteiger partial charge on any atom is -0.323 e. The Morgan fingerprint density at radius 2 is 1.96 bits per heavy atom. The van der Waals surface area contributed by atoms with E-state index in [1.165, 1.54) is 11.8 Å². The van der Waals surface area contributed by atoms with Crippen molar-refractivity contribution in [3.05, 3.63) is 51.1 Å². The van der Waals surface area contributed by atoms with Crippen molar-refractivity contribution >= 4 is 46.6 Å². The van der Waals surface area contributed by atoms with Crippen molar-refractivity contribution in [3.8, 4) is 6.07 Å². The van der Waals surface area contributed by atoms with Crippen molar-refractivity contribution in [2.45, 2.75) is 31.0 Å². The summed E-state index contributed by atoms with van der Waals surface area (Å²) in [5.74, 6) is -0.264. The van der Waals surface area contributed by atoms with Crippen LogP contribution in [0.2, 0.25) is 10.0 Å². The van der Waals surface area contributed by atoms with Gasteiger partial charge in [0, 0.05) is 5.69 Å². The number of pyridine rings is 1. The Hall–Kier alpha value is -1.74. The van der Waals surface area contributed by atoms with Gasteiger partial charge in [-0.15, -0.1) is 0 Å². The van der Waals surface area contributed by atoms with E-state index in [2.05, 4.69) is 16.4 Å². The molecule has 4 nitrogen and oxygen atoms in total. The Kier molecular flexibility index (Phi) is 6.11. The summed E-state index contributed by atoms with van der Waals surface area (Å²) in [6, 6.07) is 9.00. The van der Waals surface area contributed by atoms with Crippen LogP contribution in [0.5, 0.6) is 0 Å². The highest BCUT2D eigenvalue weighted by Crippen LogP contribution is 2.32. The fraction of sp³-hybridized carbons (Fsp3) is 0.235. The zero-order valence-corrected chi connectivity index (χ0v) is 15.7. The number of nitrogens with zero attached hydrogens (tertiary/aromatic N) is 2. The summed E-state index contributed by atoms with van der Waals surface area (Å²) >= 11 is 13.4. The number of rotatable bonds is 4. The molecular weight excluding hydrogens is 365 g/mol. The van der Waals surface area contributed by atoms with Crippen LogP contribution in [0.1, 0.15) is 23.7 Å². The molecule has 1 amide bonds. The molecule has 0 fully saturated rings. The third kappa shape index (κ3) is 4.21. The molecule has 1 aromatic heterocycles. The minimum absolute atomic E-state index is 0.264. The monoisotopic (exact) mass is 379 g/mol. The smallest absolute Gasteiger partial charge is 0.237 e. The van der Waals surface area contributed by atoms with E-state index in [1.54, 1.807) is 25.1 Å². The van der Waals surface area contributed by atoms with Gasteiger partial charge in [-0.1, -0.05) is 41.0 Å². The number of benzene rings is 1. The second-order valence-electron chi connectivity index (χ2n) is 5.22. The maximum absolute atomic E-state index is 12.4. The molecule has 0 aliphatic heterocycles. The number of anilines is 1. The largest absolute Gasteiger partial charge is 0.323 e. The van der Waals surface area contributed by atoms with Gasteiger partial charge in [0.25, 0.3) is 0 Å². The number of para-hydroxylation sites is 1. The van der Waals surface area contributed by atoms with Crippen molar-refractivity contribution < 1.29 is 4.79 Å². The van der Waals surface area contributed by atoms with Gasteiger partial charge in [0.05, 0.1) is 26.5 Å². The molecular formula is C17H15Cl2N3OS. The Morgan fingerprint density at radius 1 is 1.33 bits per heavy atom. The van der Waals surface area contributed by atoms with Gasteiger partial charge in [-0.3, -0.25) is 4.79 Å². The molecule has 2 aromatic rings. The molecule has 1 N–H and O–H groups in total. The quantitative estimate of drug-likeness (QED) is 0.759. The van der Waals surface area contributed by atoms with Gasteiger partial charge in [0.2, 0.25) is 5.91 Å². The number of amides is 1. The van der Waals surface area contributed by atoms with E-state index in [4.69, 9.17) is 23.2 Å². The van der Waals surface area contributed by atoms with Crippen molar-refractivity contribution in [1.82, 2.24) is 4.98 Å². The van der Waals surface area contributed by atoms with Gasteiger partial charge in [-0.25, -0.2) is 4.98 Å². The Balaban J connectivity index is 2.20. The van der Waals surface area contributed by atoms with Crippen molar-refractivity contribution in [2.24, 2.45) is 0 Å². The van der Waals surface area contributed by atoms with Gasteiger partial charge in [-0.2, -0.15) is 5.26 Å². The molecule has 0 saturated heterocycles. The highest BCUT2D eigenvalue weighted by atomic mass is 35.5. The number of hydrogen-bond donors (Lipinski definition) is 1. The SMILES string of the molecule is Cc1cc(C)c(C#N)c(SC(C)C(=O)Nc2c(Cl)cccc2Cl)n1. The highest BCUT2D eigenvalue weighted by Gasteiger charge is 2.20. The van der Waals surface area contributed by atoms with Crippen LogP contribution in [0.4, 0.5) is 5.69 Å². The first-order chi connectivity index (χ1) is 11.3. The van der Waals surface area contributed by atoms with Gasteiger partial charge in [-0.05, 0) is 44.5 Å². The average molecular weight is 380 g/mol. The van der Waals surface area contributed by atoms with Gasteiger partial charge < -0.3 is 5.32 Å². The number of thioether (sulfide) groups is 1. The molecule has 0 spiro atoms. The molecule has 0 saturated carbocycles. The number of nitriles is 1. The number of aromatic nitrogens is 1. The van der Waals surface area contributed by atoms with E-state index in [1.807, 2.05) is 19.9 Å². The summed E-state index contributed by atoms with van der Waals surface area (Å²) in [4.78, 5) is 16.8. The van der Waals surface area contributed by atoms with Crippen LogP contribution in [0.25, 0.3) is 0 Å². The van der Waals surface area contributed by atoms with Crippen LogP contribution >= 0.6 is 35.0 Å². The molecule has 124 valence electrons. The summed E-state index contributed by atoms with van der Waals surface area (Å²) in [6.07, 6.45) is 0. The fourth-order valence-electron chi connectivity index (χ4n) is 2.09. The molecule has 24 heavy (non-hydrogen) atoms. The van der Waals surface area contributed by atoms with Gasteiger partial charge >= 0.3 is 0 Å². The molecule has 0 aliphatic carbocycles. The van der Waals surface area contributed by atoms with Crippen LogP contribution in [0, 0.1) is 25.2 Å². The summed E-state index contributed by atoms with van der Waals surface area (Å²) in [7, 11) is 0. The molecule has 1 unspecified atom stereocenters. The minimum atomic E-state index is -0.474. The van der Waals surface area contributed by atoms with Crippen LogP contribution in [0.3, 0.4) is 0 Å². The molecule has 2 rings (SSSR count). The first kappa shape index (κ1) is 18.6. The predicted octanol–water partition coefficient (Wildman–Crippen LogP) is 5.00. The lowest BCUT2D eigenvalue weighted by Crippen LogP contribution is -2.23. The summed E-state index contributed by atoms with van der Waals surface area (Å²) < 4.78 is 0. The number of carbonyl (C=O) groups excluding carboxylic acids is 1. The van der Waals surface area contributed by atoms with Crippen LogP contribution in [-0.4, -0.2) is 16.1 Å². The molecule has 1 aromatic carbocycles. The number of hydrogen-bond acceptors (Lipinski definition) is 4. The Labute approximate surface area is 155 Å². The lowest BCUT2D eigenvalue weighted by atomic mass is 10.1. The lowest BCUT2D eigenvalue weighted by Gasteiger charge is -2.15. The molecule has 7 heteroatoms. The van der Waals surface area contributed by atoms with E-state index < -0.39 is 5.25 Å². The van der Waals surface area contributed by atoms with E-state index in [9.17, 15) is 10.1 Å². The third-order valence-corrected chi connectivity index (χ3v) is 5.01. The zero-order valence-electron chi connectivity index (χ0n) is 13.4. The van der Waals surface area contributed by atoms with Gasteiger partial charge in [0.15, 0.2) is 0 Å². The van der Waals surface area contributed by atoms with Crippen molar-refractivity contribution in [3.63, 3.8) is 0 Å². The first-order valence-corrected chi connectivity index (χ1v) is 8.77. The summed E-state index contributed by atoms with van der Waals surface area (Å²) in [6.45, 7) is 5.45. The molecule has 1 heterocycles. The third-order valence-electron chi connectivity index (χ3n) is 3.29. The summed E-state index contributed by atoms with van der Waals surface area (Å²) in [5, 5.41) is 12.9. The topological polar surface area (TPSA) is 65.8 Å². The lowest BCUT2D eigenvalue weighted by molar-refractivity contribution is -0.115. The van der Waals surface area contributed by atoms with Crippen LogP contribution in [0.15, 0.2) is 29.3 Å². The standard InChI is InChI=1S/C17H15Cl2N3OS/c1-9-7-10(2)21-17(12(9)8-20)24-11(3)16(23)22-15-13(18)5-4-6-14(15)19/h4-7,11H,1-3H3,(H,22,23). The first-order valence-electron chi connectivity index (χ1n) is 7.13. The molecule has 0 bridgehead atoms. The average Bonchev–Trinajstić information content (AvgIpc) is 2.50. The van der Waals surface area contributed by atoms with E-state index in [0.29, 0.717) is 26.3 Å². The molecule has 1 atom stereocenters. The zero-order chi connectivity index (χ0) is 17.9.